The van der Waals surface area contributed by atoms with Crippen LogP contribution in [-0.2, 0) is 7.05 Å². The Kier molecular flexibility index (Phi) is 3.10. The van der Waals surface area contributed by atoms with Gasteiger partial charge in [-0.15, -0.1) is 0 Å². The SMILES string of the molecule is COc1ccc(-c2cc(N)c(=O)n(C)c2C)cc1. The number of anilines is 1. The van der Waals surface area contributed by atoms with Crippen molar-refractivity contribution >= 4 is 5.69 Å². The summed E-state index contributed by atoms with van der Waals surface area (Å²) in [6, 6.07) is 9.39. The number of hydrogen-bond donors (Lipinski definition) is 1. The van der Waals surface area contributed by atoms with Crippen LogP contribution in [0.2, 0.25) is 0 Å². The van der Waals surface area contributed by atoms with Gasteiger partial charge in [0, 0.05) is 18.3 Å². The van der Waals surface area contributed by atoms with Crippen LogP contribution in [0.15, 0.2) is 35.1 Å². The summed E-state index contributed by atoms with van der Waals surface area (Å²) in [5, 5.41) is 0. The largest absolute Gasteiger partial charge is 0.497 e. The maximum absolute atomic E-state index is 11.7. The van der Waals surface area contributed by atoms with Gasteiger partial charge in [-0.25, -0.2) is 0 Å². The number of aromatic nitrogens is 1. The maximum Gasteiger partial charge on any atom is 0.273 e. The number of nitrogen functional groups attached to an aromatic ring is 1. The van der Waals surface area contributed by atoms with Gasteiger partial charge in [-0.3, -0.25) is 4.79 Å². The van der Waals surface area contributed by atoms with Gasteiger partial charge in [-0.05, 0) is 30.7 Å². The van der Waals surface area contributed by atoms with Crippen LogP contribution in [0.25, 0.3) is 11.1 Å². The molecule has 0 saturated heterocycles. The topological polar surface area (TPSA) is 57.2 Å². The molecule has 0 saturated carbocycles. The Morgan fingerprint density at radius 1 is 1.22 bits per heavy atom. The van der Waals surface area contributed by atoms with E-state index in [1.54, 1.807) is 24.8 Å². The fourth-order valence-electron chi connectivity index (χ4n) is 1.91. The molecule has 0 aliphatic rings. The van der Waals surface area contributed by atoms with E-state index in [-0.39, 0.29) is 11.2 Å². The van der Waals surface area contributed by atoms with E-state index >= 15 is 0 Å². The highest BCUT2D eigenvalue weighted by molar-refractivity contribution is 5.69. The van der Waals surface area contributed by atoms with E-state index in [4.69, 9.17) is 10.5 Å². The van der Waals surface area contributed by atoms with Crippen molar-refractivity contribution < 1.29 is 4.74 Å². The summed E-state index contributed by atoms with van der Waals surface area (Å²) >= 11 is 0. The molecular formula is C14H16N2O2. The Balaban J connectivity index is 2.60. The van der Waals surface area contributed by atoms with Crippen molar-refractivity contribution in [3.63, 3.8) is 0 Å². The monoisotopic (exact) mass is 244 g/mol. The molecular weight excluding hydrogens is 228 g/mol. The first-order chi connectivity index (χ1) is 8.54. The summed E-state index contributed by atoms with van der Waals surface area (Å²) in [7, 11) is 3.35. The van der Waals surface area contributed by atoms with E-state index in [1.165, 1.54) is 0 Å². The van der Waals surface area contributed by atoms with Gasteiger partial charge < -0.3 is 15.0 Å². The zero-order valence-electron chi connectivity index (χ0n) is 10.7. The van der Waals surface area contributed by atoms with Gasteiger partial charge in [-0.1, -0.05) is 12.1 Å². The number of ether oxygens (including phenoxy) is 1. The summed E-state index contributed by atoms with van der Waals surface area (Å²) in [4.78, 5) is 11.7. The fourth-order valence-corrected chi connectivity index (χ4v) is 1.91. The van der Waals surface area contributed by atoms with E-state index in [0.717, 1.165) is 22.6 Å². The van der Waals surface area contributed by atoms with Gasteiger partial charge in [0.05, 0.1) is 12.8 Å². The Morgan fingerprint density at radius 2 is 1.83 bits per heavy atom. The molecule has 1 aromatic carbocycles. The summed E-state index contributed by atoms with van der Waals surface area (Å²) in [5.74, 6) is 0.800. The molecule has 0 spiro atoms. The van der Waals surface area contributed by atoms with Crippen molar-refractivity contribution in [1.29, 1.82) is 0 Å². The molecule has 0 bridgehead atoms. The average molecular weight is 244 g/mol. The van der Waals surface area contributed by atoms with Gasteiger partial charge in [0.2, 0.25) is 0 Å². The lowest BCUT2D eigenvalue weighted by atomic mass is 10.0. The molecule has 94 valence electrons. The van der Waals surface area contributed by atoms with E-state index in [2.05, 4.69) is 0 Å². The minimum atomic E-state index is -0.162. The predicted octanol–water partition coefficient (Wildman–Crippen LogP) is 1.95. The molecule has 0 radical (unpaired) electrons. The van der Waals surface area contributed by atoms with Crippen LogP contribution in [0.3, 0.4) is 0 Å². The number of pyridine rings is 1. The van der Waals surface area contributed by atoms with Crippen molar-refractivity contribution in [3.05, 3.63) is 46.4 Å². The minimum absolute atomic E-state index is 0.162. The van der Waals surface area contributed by atoms with E-state index < -0.39 is 0 Å². The summed E-state index contributed by atoms with van der Waals surface area (Å²) in [6.07, 6.45) is 0. The molecule has 0 atom stereocenters. The summed E-state index contributed by atoms with van der Waals surface area (Å²) < 4.78 is 6.69. The smallest absolute Gasteiger partial charge is 0.273 e. The number of methoxy groups -OCH3 is 1. The minimum Gasteiger partial charge on any atom is -0.497 e. The van der Waals surface area contributed by atoms with Crippen molar-refractivity contribution in [2.45, 2.75) is 6.92 Å². The fraction of sp³-hybridized carbons (Fsp3) is 0.214. The highest BCUT2D eigenvalue weighted by Crippen LogP contribution is 2.25. The van der Waals surface area contributed by atoms with E-state index in [9.17, 15) is 4.79 Å². The molecule has 2 rings (SSSR count). The normalized spacial score (nSPS) is 10.4. The molecule has 2 N–H and O–H groups in total. The number of benzene rings is 1. The lowest BCUT2D eigenvalue weighted by Gasteiger charge is -2.12. The third kappa shape index (κ3) is 1.97. The van der Waals surface area contributed by atoms with Crippen molar-refractivity contribution in [2.75, 3.05) is 12.8 Å². The van der Waals surface area contributed by atoms with Crippen LogP contribution in [0.5, 0.6) is 5.75 Å². The lowest BCUT2D eigenvalue weighted by molar-refractivity contribution is 0.415. The van der Waals surface area contributed by atoms with Crippen LogP contribution < -0.4 is 16.0 Å². The second kappa shape index (κ2) is 4.56. The quantitative estimate of drug-likeness (QED) is 0.878. The van der Waals surface area contributed by atoms with Crippen molar-refractivity contribution in [3.8, 4) is 16.9 Å². The zero-order valence-corrected chi connectivity index (χ0v) is 10.7. The summed E-state index contributed by atoms with van der Waals surface area (Å²) in [6.45, 7) is 1.90. The van der Waals surface area contributed by atoms with E-state index in [1.807, 2.05) is 31.2 Å². The third-order valence-electron chi connectivity index (χ3n) is 3.15. The van der Waals surface area contributed by atoms with Crippen LogP contribution in [0, 0.1) is 6.92 Å². The third-order valence-corrected chi connectivity index (χ3v) is 3.15. The molecule has 1 aromatic heterocycles. The van der Waals surface area contributed by atoms with Crippen LogP contribution in [0.4, 0.5) is 5.69 Å². The lowest BCUT2D eigenvalue weighted by Crippen LogP contribution is -2.22. The number of nitrogens with zero attached hydrogens (tertiary/aromatic N) is 1. The molecule has 0 unspecified atom stereocenters. The highest BCUT2D eigenvalue weighted by Gasteiger charge is 2.09. The van der Waals surface area contributed by atoms with Gasteiger partial charge in [0.25, 0.3) is 5.56 Å². The Hall–Kier alpha value is -2.23. The molecule has 1 heterocycles. The van der Waals surface area contributed by atoms with Crippen molar-refractivity contribution in [2.24, 2.45) is 7.05 Å². The van der Waals surface area contributed by atoms with Crippen LogP contribution in [-0.4, -0.2) is 11.7 Å². The van der Waals surface area contributed by atoms with E-state index in [0.29, 0.717) is 0 Å². The van der Waals surface area contributed by atoms with Crippen LogP contribution >= 0.6 is 0 Å². The molecule has 0 amide bonds. The molecule has 4 heteroatoms. The standard InChI is InChI=1S/C14H16N2O2/c1-9-12(8-13(15)14(17)16(9)2)10-4-6-11(18-3)7-5-10/h4-8H,15H2,1-3H3. The van der Waals surface area contributed by atoms with Gasteiger partial charge >= 0.3 is 0 Å². The Morgan fingerprint density at radius 3 is 2.39 bits per heavy atom. The number of hydrogen-bond acceptors (Lipinski definition) is 3. The molecule has 0 aliphatic heterocycles. The Labute approximate surface area is 106 Å². The molecule has 0 aliphatic carbocycles. The first-order valence-electron chi connectivity index (χ1n) is 5.65. The molecule has 4 nitrogen and oxygen atoms in total. The number of rotatable bonds is 2. The zero-order chi connectivity index (χ0) is 13.3. The second-order valence-electron chi connectivity index (χ2n) is 4.19. The maximum atomic E-state index is 11.7. The highest BCUT2D eigenvalue weighted by atomic mass is 16.5. The second-order valence-corrected chi connectivity index (χ2v) is 4.19. The predicted molar refractivity (Wildman–Crippen MR) is 72.8 cm³/mol. The average Bonchev–Trinajstić information content (AvgIpc) is 2.41. The molecule has 0 fully saturated rings. The molecule has 2 aromatic rings. The Bertz CT molecular complexity index is 627. The first kappa shape index (κ1) is 12.2. The van der Waals surface area contributed by atoms with Gasteiger partial charge in [0.15, 0.2) is 0 Å². The first-order valence-corrected chi connectivity index (χ1v) is 5.65. The summed E-state index contributed by atoms with van der Waals surface area (Å²) in [5.41, 5.74) is 8.68. The van der Waals surface area contributed by atoms with Crippen molar-refractivity contribution in [1.82, 2.24) is 4.57 Å². The number of nitrogens with two attached hydrogens (primary N) is 1. The van der Waals surface area contributed by atoms with Gasteiger partial charge in [-0.2, -0.15) is 0 Å². The van der Waals surface area contributed by atoms with Crippen LogP contribution in [0.1, 0.15) is 5.69 Å². The molecule has 18 heavy (non-hydrogen) atoms. The van der Waals surface area contributed by atoms with Gasteiger partial charge in [0.1, 0.15) is 5.75 Å².